The van der Waals surface area contributed by atoms with E-state index in [4.69, 9.17) is 9.84 Å². The smallest absolute Gasteiger partial charge is 0.231 e. The standard InChI is InChI=1S/C21H22N4OS/c1-24-11-4-5-15(24)10-12-26-21-9-8-20-22-13-18(25(20)23-21)17-14-27-19-7-3-2-6-16(17)19/h2-3,6-9,13-15H,4-5,10-12H2,1H3. The van der Waals surface area contributed by atoms with Crippen molar-refractivity contribution in [1.29, 1.82) is 0 Å². The number of hydrogen-bond donors (Lipinski definition) is 0. The predicted molar refractivity (Wildman–Crippen MR) is 110 cm³/mol. The van der Waals surface area contributed by atoms with Gasteiger partial charge in [-0.1, -0.05) is 18.2 Å². The van der Waals surface area contributed by atoms with Crippen LogP contribution in [0.25, 0.3) is 27.0 Å². The maximum absolute atomic E-state index is 5.97. The summed E-state index contributed by atoms with van der Waals surface area (Å²) in [6.45, 7) is 1.89. The molecule has 1 aliphatic rings. The number of aromatic nitrogens is 3. The minimum Gasteiger partial charge on any atom is -0.477 e. The van der Waals surface area contributed by atoms with Gasteiger partial charge in [-0.3, -0.25) is 0 Å². The second-order valence-corrected chi connectivity index (χ2v) is 8.06. The first-order valence-corrected chi connectivity index (χ1v) is 10.3. The van der Waals surface area contributed by atoms with E-state index in [-0.39, 0.29) is 0 Å². The van der Waals surface area contributed by atoms with Crippen LogP contribution in [0.5, 0.6) is 5.88 Å². The van der Waals surface area contributed by atoms with Crippen molar-refractivity contribution in [2.45, 2.75) is 25.3 Å². The Labute approximate surface area is 162 Å². The van der Waals surface area contributed by atoms with Crippen LogP contribution in [0.15, 0.2) is 48.0 Å². The fourth-order valence-electron chi connectivity index (χ4n) is 3.94. The summed E-state index contributed by atoms with van der Waals surface area (Å²) < 4.78 is 9.14. The average molecular weight is 379 g/mol. The van der Waals surface area contributed by atoms with Gasteiger partial charge in [0.25, 0.3) is 0 Å². The number of benzene rings is 1. The third-order valence-electron chi connectivity index (χ3n) is 5.47. The molecule has 0 saturated carbocycles. The van der Waals surface area contributed by atoms with Gasteiger partial charge in [0.15, 0.2) is 5.65 Å². The molecule has 0 amide bonds. The number of thiophene rings is 1. The van der Waals surface area contributed by atoms with E-state index >= 15 is 0 Å². The van der Waals surface area contributed by atoms with E-state index in [1.165, 1.54) is 35.0 Å². The van der Waals surface area contributed by atoms with Gasteiger partial charge in [0.1, 0.15) is 0 Å². The maximum Gasteiger partial charge on any atom is 0.231 e. The first kappa shape index (κ1) is 16.7. The molecule has 0 radical (unpaired) electrons. The van der Waals surface area contributed by atoms with Crippen LogP contribution in [0, 0.1) is 0 Å². The molecular formula is C21H22N4OS. The molecular weight excluding hydrogens is 356 g/mol. The summed E-state index contributed by atoms with van der Waals surface area (Å²) in [4.78, 5) is 6.94. The molecule has 0 N–H and O–H groups in total. The number of fused-ring (bicyclic) bond motifs is 2. The number of nitrogens with zero attached hydrogens (tertiary/aromatic N) is 4. The lowest BCUT2D eigenvalue weighted by atomic mass is 10.1. The third-order valence-corrected chi connectivity index (χ3v) is 6.43. The van der Waals surface area contributed by atoms with Crippen molar-refractivity contribution < 1.29 is 4.74 Å². The fourth-order valence-corrected chi connectivity index (χ4v) is 4.89. The van der Waals surface area contributed by atoms with E-state index in [1.54, 1.807) is 11.3 Å². The Morgan fingerprint density at radius 1 is 1.22 bits per heavy atom. The summed E-state index contributed by atoms with van der Waals surface area (Å²) in [6.07, 6.45) is 5.50. The van der Waals surface area contributed by atoms with Gasteiger partial charge in [-0.25, -0.2) is 9.50 Å². The van der Waals surface area contributed by atoms with Crippen LogP contribution < -0.4 is 4.74 Å². The highest BCUT2D eigenvalue weighted by atomic mass is 32.1. The normalized spacial score (nSPS) is 17.9. The Kier molecular flexibility index (Phi) is 4.30. The van der Waals surface area contributed by atoms with E-state index in [9.17, 15) is 0 Å². The molecule has 5 nitrogen and oxygen atoms in total. The summed E-state index contributed by atoms with van der Waals surface area (Å²) in [5, 5.41) is 8.12. The maximum atomic E-state index is 5.97. The number of rotatable bonds is 5. The largest absolute Gasteiger partial charge is 0.477 e. The van der Waals surface area contributed by atoms with Crippen LogP contribution in [0.4, 0.5) is 0 Å². The van der Waals surface area contributed by atoms with Gasteiger partial charge in [0.05, 0.1) is 18.5 Å². The molecule has 138 valence electrons. The Morgan fingerprint density at radius 2 is 2.15 bits per heavy atom. The lowest BCUT2D eigenvalue weighted by Gasteiger charge is -2.19. The van der Waals surface area contributed by atoms with Crippen molar-refractivity contribution in [1.82, 2.24) is 19.5 Å². The van der Waals surface area contributed by atoms with E-state index in [2.05, 4.69) is 46.6 Å². The van der Waals surface area contributed by atoms with E-state index in [0.717, 1.165) is 17.8 Å². The molecule has 4 aromatic rings. The lowest BCUT2D eigenvalue weighted by Crippen LogP contribution is -2.26. The Bertz CT molecular complexity index is 1090. The SMILES string of the molecule is CN1CCCC1CCOc1ccc2ncc(-c3csc4ccccc34)n2n1. The van der Waals surface area contributed by atoms with Crippen molar-refractivity contribution in [2.24, 2.45) is 0 Å². The summed E-state index contributed by atoms with van der Waals surface area (Å²) in [5.41, 5.74) is 3.01. The van der Waals surface area contributed by atoms with Crippen LogP contribution in [0.3, 0.4) is 0 Å². The quantitative estimate of drug-likeness (QED) is 0.514. The van der Waals surface area contributed by atoms with Gasteiger partial charge in [-0.15, -0.1) is 16.4 Å². The third kappa shape index (κ3) is 3.09. The summed E-state index contributed by atoms with van der Waals surface area (Å²) in [6, 6.07) is 13.0. The van der Waals surface area contributed by atoms with Crippen LogP contribution in [-0.4, -0.2) is 45.7 Å². The van der Waals surface area contributed by atoms with Gasteiger partial charge in [-0.05, 0) is 45.0 Å². The molecule has 1 unspecified atom stereocenters. The molecule has 1 aliphatic heterocycles. The summed E-state index contributed by atoms with van der Waals surface area (Å²) in [7, 11) is 2.20. The minimum atomic E-state index is 0.634. The molecule has 3 aromatic heterocycles. The van der Waals surface area contributed by atoms with E-state index in [0.29, 0.717) is 18.5 Å². The van der Waals surface area contributed by atoms with Crippen molar-refractivity contribution in [3.63, 3.8) is 0 Å². The summed E-state index contributed by atoms with van der Waals surface area (Å²) in [5.74, 6) is 0.655. The number of hydrogen-bond acceptors (Lipinski definition) is 5. The Balaban J connectivity index is 1.41. The zero-order valence-electron chi connectivity index (χ0n) is 15.3. The molecule has 1 aromatic carbocycles. The number of likely N-dealkylation sites (tertiary alicyclic amines) is 1. The average Bonchev–Trinajstić information content (AvgIpc) is 3.40. The highest BCUT2D eigenvalue weighted by molar-refractivity contribution is 7.17. The lowest BCUT2D eigenvalue weighted by molar-refractivity contribution is 0.227. The second-order valence-electron chi connectivity index (χ2n) is 7.14. The van der Waals surface area contributed by atoms with Gasteiger partial charge < -0.3 is 9.64 Å². The molecule has 27 heavy (non-hydrogen) atoms. The van der Waals surface area contributed by atoms with Crippen LogP contribution in [0.2, 0.25) is 0 Å². The zero-order chi connectivity index (χ0) is 18.2. The molecule has 6 heteroatoms. The first-order chi connectivity index (χ1) is 13.3. The Hall–Kier alpha value is -2.44. The molecule has 0 aliphatic carbocycles. The predicted octanol–water partition coefficient (Wildman–Crippen LogP) is 4.47. The molecule has 4 heterocycles. The topological polar surface area (TPSA) is 42.7 Å². The van der Waals surface area contributed by atoms with Crippen LogP contribution >= 0.6 is 11.3 Å². The second kappa shape index (κ2) is 6.94. The minimum absolute atomic E-state index is 0.634. The molecule has 0 bridgehead atoms. The van der Waals surface area contributed by atoms with Crippen molar-refractivity contribution in [2.75, 3.05) is 20.2 Å². The van der Waals surface area contributed by atoms with Gasteiger partial charge in [-0.2, -0.15) is 0 Å². The monoisotopic (exact) mass is 378 g/mol. The van der Waals surface area contributed by atoms with Crippen molar-refractivity contribution in [3.05, 3.63) is 48.0 Å². The molecule has 1 atom stereocenters. The van der Waals surface area contributed by atoms with E-state index < -0.39 is 0 Å². The zero-order valence-corrected chi connectivity index (χ0v) is 16.2. The molecule has 5 rings (SSSR count). The Morgan fingerprint density at radius 3 is 3.04 bits per heavy atom. The van der Waals surface area contributed by atoms with Gasteiger partial charge in [0.2, 0.25) is 5.88 Å². The van der Waals surface area contributed by atoms with Gasteiger partial charge in [0, 0.05) is 33.1 Å². The fraction of sp³-hybridized carbons (Fsp3) is 0.333. The molecule has 1 saturated heterocycles. The van der Waals surface area contributed by atoms with Gasteiger partial charge >= 0.3 is 0 Å². The van der Waals surface area contributed by atoms with Crippen molar-refractivity contribution >= 4 is 27.1 Å². The highest BCUT2D eigenvalue weighted by Gasteiger charge is 2.20. The number of imidazole rings is 1. The summed E-state index contributed by atoms with van der Waals surface area (Å²) >= 11 is 1.75. The highest BCUT2D eigenvalue weighted by Crippen LogP contribution is 2.34. The first-order valence-electron chi connectivity index (χ1n) is 9.44. The van der Waals surface area contributed by atoms with E-state index in [1.807, 2.05) is 22.8 Å². The molecule has 0 spiro atoms. The molecule has 1 fully saturated rings. The number of ether oxygens (including phenoxy) is 1. The van der Waals surface area contributed by atoms with Crippen LogP contribution in [-0.2, 0) is 0 Å². The van der Waals surface area contributed by atoms with Crippen LogP contribution in [0.1, 0.15) is 19.3 Å². The van der Waals surface area contributed by atoms with Crippen molar-refractivity contribution in [3.8, 4) is 17.1 Å².